The predicted octanol–water partition coefficient (Wildman–Crippen LogP) is 2.36. The molecule has 82 valence electrons. The molecule has 0 unspecified atom stereocenters. The van der Waals surface area contributed by atoms with Gasteiger partial charge in [-0.2, -0.15) is 0 Å². The van der Waals surface area contributed by atoms with Crippen LogP contribution < -0.4 is 0 Å². The summed E-state index contributed by atoms with van der Waals surface area (Å²) < 4.78 is 0. The third-order valence-electron chi connectivity index (χ3n) is 2.32. The number of hydrogen-bond acceptors (Lipinski definition) is 3. The maximum Gasteiger partial charge on any atom is 0.0552 e. The van der Waals surface area contributed by atoms with Gasteiger partial charge in [-0.3, -0.25) is 0 Å². The molecule has 0 aliphatic carbocycles. The van der Waals surface area contributed by atoms with Crippen LogP contribution in [0, 0.1) is 0 Å². The number of nitrogens with zero attached hydrogens (tertiary/aromatic N) is 2. The molecule has 3 heteroatoms. The fourth-order valence-electron chi connectivity index (χ4n) is 1.38. The first-order valence-corrected chi connectivity index (χ1v) is 5.12. The van der Waals surface area contributed by atoms with E-state index in [1.165, 1.54) is 5.56 Å². The van der Waals surface area contributed by atoms with Crippen LogP contribution in [-0.2, 0) is 6.54 Å². The lowest BCUT2D eigenvalue weighted by atomic mass is 10.2. The number of benzene rings is 1. The molecule has 0 saturated carbocycles. The van der Waals surface area contributed by atoms with Gasteiger partial charge in [-0.15, -0.1) is 0 Å². The number of oxime groups is 1. The third kappa shape index (κ3) is 4.61. The van der Waals surface area contributed by atoms with Crippen LogP contribution in [0.15, 0.2) is 35.5 Å². The van der Waals surface area contributed by atoms with E-state index < -0.39 is 0 Å². The molecule has 1 N–H and O–H groups in total. The van der Waals surface area contributed by atoms with Gasteiger partial charge in [0.25, 0.3) is 0 Å². The molecule has 1 rings (SSSR count). The van der Waals surface area contributed by atoms with Gasteiger partial charge in [-0.05, 0) is 19.5 Å². The molecular weight excluding hydrogens is 188 g/mol. The second kappa shape index (κ2) is 6.19. The molecule has 1 aromatic carbocycles. The lowest BCUT2D eigenvalue weighted by Gasteiger charge is -2.15. The zero-order chi connectivity index (χ0) is 11.1. The topological polar surface area (TPSA) is 35.8 Å². The van der Waals surface area contributed by atoms with E-state index in [1.807, 2.05) is 25.1 Å². The fourth-order valence-corrected chi connectivity index (χ4v) is 1.38. The normalized spacial score (nSPS) is 12.1. The van der Waals surface area contributed by atoms with Crippen LogP contribution in [0.25, 0.3) is 0 Å². The van der Waals surface area contributed by atoms with Gasteiger partial charge in [0.1, 0.15) is 0 Å². The van der Waals surface area contributed by atoms with Gasteiger partial charge in [0.2, 0.25) is 0 Å². The van der Waals surface area contributed by atoms with Crippen molar-refractivity contribution in [1.29, 1.82) is 0 Å². The van der Waals surface area contributed by atoms with Gasteiger partial charge in [-0.1, -0.05) is 35.5 Å². The Labute approximate surface area is 91.0 Å². The van der Waals surface area contributed by atoms with Crippen LogP contribution in [0.1, 0.15) is 18.9 Å². The lowest BCUT2D eigenvalue weighted by Crippen LogP contribution is -2.20. The average Bonchev–Trinajstić information content (AvgIpc) is 2.27. The van der Waals surface area contributed by atoms with Crippen molar-refractivity contribution < 1.29 is 5.21 Å². The van der Waals surface area contributed by atoms with Crippen LogP contribution in [-0.4, -0.2) is 29.4 Å². The first-order chi connectivity index (χ1) is 7.22. The minimum absolute atomic E-state index is 0.773. The molecule has 0 radical (unpaired) electrons. The zero-order valence-electron chi connectivity index (χ0n) is 9.35. The zero-order valence-corrected chi connectivity index (χ0v) is 9.35. The van der Waals surface area contributed by atoms with Crippen molar-refractivity contribution in [2.75, 3.05) is 13.6 Å². The van der Waals surface area contributed by atoms with Gasteiger partial charge in [-0.25, -0.2) is 0 Å². The van der Waals surface area contributed by atoms with Crippen molar-refractivity contribution >= 4 is 5.71 Å². The largest absolute Gasteiger partial charge is 0.411 e. The second-order valence-corrected chi connectivity index (χ2v) is 3.81. The summed E-state index contributed by atoms with van der Waals surface area (Å²) in [6, 6.07) is 10.3. The first kappa shape index (κ1) is 11.7. The SMILES string of the molecule is CC(CCN(C)Cc1ccccc1)=NO. The average molecular weight is 206 g/mol. The van der Waals surface area contributed by atoms with E-state index in [4.69, 9.17) is 5.21 Å². The van der Waals surface area contributed by atoms with Crippen molar-refractivity contribution in [2.45, 2.75) is 19.9 Å². The summed E-state index contributed by atoms with van der Waals surface area (Å²) in [7, 11) is 2.07. The standard InChI is InChI=1S/C12H18N2O/c1-11(13-15)8-9-14(2)10-12-6-4-3-5-7-12/h3-7,15H,8-10H2,1-2H3. The molecular formula is C12H18N2O. The van der Waals surface area contributed by atoms with Crippen LogP contribution >= 0.6 is 0 Å². The van der Waals surface area contributed by atoms with Crippen LogP contribution in [0.3, 0.4) is 0 Å². The van der Waals surface area contributed by atoms with Crippen LogP contribution in [0.2, 0.25) is 0 Å². The van der Waals surface area contributed by atoms with E-state index in [9.17, 15) is 0 Å². The van der Waals surface area contributed by atoms with Crippen molar-refractivity contribution in [1.82, 2.24) is 4.90 Å². The molecule has 3 nitrogen and oxygen atoms in total. The van der Waals surface area contributed by atoms with Gasteiger partial charge in [0.15, 0.2) is 0 Å². The highest BCUT2D eigenvalue weighted by molar-refractivity contribution is 5.81. The van der Waals surface area contributed by atoms with Crippen molar-refractivity contribution in [3.8, 4) is 0 Å². The van der Waals surface area contributed by atoms with Gasteiger partial charge >= 0.3 is 0 Å². The van der Waals surface area contributed by atoms with E-state index in [0.717, 1.165) is 25.2 Å². The molecule has 0 aromatic heterocycles. The molecule has 0 amide bonds. The van der Waals surface area contributed by atoms with Crippen molar-refractivity contribution in [2.24, 2.45) is 5.16 Å². The van der Waals surface area contributed by atoms with Gasteiger partial charge in [0, 0.05) is 19.5 Å². The Morgan fingerprint density at radius 2 is 2.00 bits per heavy atom. The van der Waals surface area contributed by atoms with E-state index >= 15 is 0 Å². The highest BCUT2D eigenvalue weighted by atomic mass is 16.4. The molecule has 0 saturated heterocycles. The summed E-state index contributed by atoms with van der Waals surface area (Å²) in [6.07, 6.45) is 0.805. The minimum atomic E-state index is 0.773. The number of rotatable bonds is 5. The molecule has 1 aromatic rings. The number of hydrogen-bond donors (Lipinski definition) is 1. The van der Waals surface area contributed by atoms with Gasteiger partial charge < -0.3 is 10.1 Å². The monoisotopic (exact) mass is 206 g/mol. The summed E-state index contributed by atoms with van der Waals surface area (Å²) >= 11 is 0. The highest BCUT2D eigenvalue weighted by Crippen LogP contribution is 2.03. The quantitative estimate of drug-likeness (QED) is 0.456. The summed E-state index contributed by atoms with van der Waals surface area (Å²) in [4.78, 5) is 2.21. The smallest absolute Gasteiger partial charge is 0.0552 e. The summed E-state index contributed by atoms with van der Waals surface area (Å²) in [5.74, 6) is 0. The summed E-state index contributed by atoms with van der Waals surface area (Å²) in [5, 5.41) is 11.7. The first-order valence-electron chi connectivity index (χ1n) is 5.12. The van der Waals surface area contributed by atoms with E-state index in [0.29, 0.717) is 0 Å². The van der Waals surface area contributed by atoms with E-state index in [-0.39, 0.29) is 0 Å². The Balaban J connectivity index is 2.33. The molecule has 0 bridgehead atoms. The molecule has 0 heterocycles. The summed E-state index contributed by atoms with van der Waals surface area (Å²) in [6.45, 7) is 3.67. The molecule has 0 fully saturated rings. The fraction of sp³-hybridized carbons (Fsp3) is 0.417. The maximum atomic E-state index is 8.51. The Kier molecular flexibility index (Phi) is 4.84. The Morgan fingerprint density at radius 1 is 1.33 bits per heavy atom. The summed E-state index contributed by atoms with van der Waals surface area (Å²) in [5.41, 5.74) is 2.08. The van der Waals surface area contributed by atoms with Crippen LogP contribution in [0.4, 0.5) is 0 Å². The molecule has 0 spiro atoms. The van der Waals surface area contributed by atoms with Crippen molar-refractivity contribution in [3.05, 3.63) is 35.9 Å². The second-order valence-electron chi connectivity index (χ2n) is 3.81. The Hall–Kier alpha value is -1.35. The maximum absolute atomic E-state index is 8.51. The third-order valence-corrected chi connectivity index (χ3v) is 2.32. The molecule has 15 heavy (non-hydrogen) atoms. The Morgan fingerprint density at radius 3 is 2.60 bits per heavy atom. The minimum Gasteiger partial charge on any atom is -0.411 e. The van der Waals surface area contributed by atoms with Crippen LogP contribution in [0.5, 0.6) is 0 Å². The molecule has 0 aliphatic heterocycles. The molecule has 0 aliphatic rings. The van der Waals surface area contributed by atoms with E-state index in [2.05, 4.69) is 29.2 Å². The highest BCUT2D eigenvalue weighted by Gasteiger charge is 2.00. The van der Waals surface area contributed by atoms with E-state index in [1.54, 1.807) is 0 Å². The Bertz CT molecular complexity index is 309. The predicted molar refractivity (Wildman–Crippen MR) is 62.3 cm³/mol. The lowest BCUT2D eigenvalue weighted by molar-refractivity contribution is 0.310. The van der Waals surface area contributed by atoms with Gasteiger partial charge in [0.05, 0.1) is 5.71 Å². The molecule has 0 atom stereocenters. The van der Waals surface area contributed by atoms with Crippen molar-refractivity contribution in [3.63, 3.8) is 0 Å².